The highest BCUT2D eigenvalue weighted by atomic mass is 35.5. The molecule has 2 fully saturated rings. The van der Waals surface area contributed by atoms with E-state index in [9.17, 15) is 4.79 Å². The summed E-state index contributed by atoms with van der Waals surface area (Å²) in [5.74, 6) is 2.47. The number of carbonyl (C=O) groups is 1. The fourth-order valence-electron chi connectivity index (χ4n) is 6.88. The van der Waals surface area contributed by atoms with Gasteiger partial charge in [0.15, 0.2) is 0 Å². The molecule has 5 rings (SSSR count). The van der Waals surface area contributed by atoms with Gasteiger partial charge in [0.25, 0.3) is 0 Å². The summed E-state index contributed by atoms with van der Waals surface area (Å²) in [6, 6.07) is 15.5. The summed E-state index contributed by atoms with van der Waals surface area (Å²) in [5, 5.41) is 1.28. The number of halogens is 1. The number of hydrogen-bond donors (Lipinski definition) is 1. The predicted molar refractivity (Wildman–Crippen MR) is 160 cm³/mol. The summed E-state index contributed by atoms with van der Waals surface area (Å²) < 4.78 is 8.13. The fraction of sp³-hybridized carbons (Fsp3) is 0.545. The minimum atomic E-state index is 0. The Morgan fingerprint density at radius 2 is 1.74 bits per heavy atom. The van der Waals surface area contributed by atoms with E-state index >= 15 is 0 Å². The number of aromatic nitrogens is 1. The molecule has 5 heteroatoms. The quantitative estimate of drug-likeness (QED) is 0.302. The first kappa shape index (κ1) is 28.7. The summed E-state index contributed by atoms with van der Waals surface area (Å²) in [4.78, 5) is 13.6. The maximum atomic E-state index is 13.6. The molecule has 2 N–H and O–H groups in total. The fourth-order valence-corrected chi connectivity index (χ4v) is 6.88. The van der Waals surface area contributed by atoms with Crippen LogP contribution in [-0.2, 0) is 11.3 Å². The van der Waals surface area contributed by atoms with Crippen LogP contribution in [0.5, 0.6) is 5.75 Å². The molecule has 0 saturated heterocycles. The van der Waals surface area contributed by atoms with Gasteiger partial charge in [-0.2, -0.15) is 0 Å². The zero-order chi connectivity index (χ0) is 25.8. The topological polar surface area (TPSA) is 57.2 Å². The molecule has 1 aromatic heterocycles. The zero-order valence-electron chi connectivity index (χ0n) is 23.2. The Bertz CT molecular complexity index is 1200. The summed E-state index contributed by atoms with van der Waals surface area (Å²) in [6.07, 6.45) is 14.6. The Morgan fingerprint density at radius 1 is 1.00 bits per heavy atom. The molecule has 2 aromatic carbocycles. The van der Waals surface area contributed by atoms with Gasteiger partial charge in [-0.25, -0.2) is 0 Å². The van der Waals surface area contributed by atoms with E-state index in [1.807, 2.05) is 0 Å². The molecule has 206 valence electrons. The van der Waals surface area contributed by atoms with E-state index in [4.69, 9.17) is 10.5 Å². The number of para-hydroxylation sites is 1. The Kier molecular flexibility index (Phi) is 9.95. The van der Waals surface area contributed by atoms with E-state index in [1.54, 1.807) is 7.11 Å². The van der Waals surface area contributed by atoms with Gasteiger partial charge in [-0.05, 0) is 92.2 Å². The molecule has 0 bridgehead atoms. The van der Waals surface area contributed by atoms with Crippen LogP contribution < -0.4 is 10.5 Å². The zero-order valence-corrected chi connectivity index (χ0v) is 24.0. The second-order valence-electron chi connectivity index (χ2n) is 11.8. The molecule has 2 saturated carbocycles. The molecule has 0 radical (unpaired) electrons. The average molecular weight is 537 g/mol. The molecule has 1 heterocycles. The number of fused-ring (bicyclic) bond motifs is 1. The van der Waals surface area contributed by atoms with Gasteiger partial charge >= 0.3 is 0 Å². The van der Waals surface area contributed by atoms with Crippen LogP contribution in [0.25, 0.3) is 10.9 Å². The van der Waals surface area contributed by atoms with Crippen LogP contribution in [-0.4, -0.2) is 23.5 Å². The number of aryl methyl sites for hydroxylation is 1. The lowest BCUT2D eigenvalue weighted by Gasteiger charge is -2.26. The standard InChI is InChI=1S/C33H44N2O2.ClH/c1-23-16-26(19-29(17-23)37-2)31(20-28(36)18-24-12-14-27(34)15-13-24)32-22-35(21-25-8-4-3-5-9-25)33-11-7-6-10-30(32)33;/h6-7,10-11,16-17,19,22,24-25,27,31H,3-5,8-9,12-15,18,20-21,34H2,1-2H3;1H. The molecule has 0 spiro atoms. The molecule has 1 atom stereocenters. The largest absolute Gasteiger partial charge is 0.497 e. The molecule has 0 amide bonds. The van der Waals surface area contributed by atoms with Crippen molar-refractivity contribution in [1.29, 1.82) is 0 Å². The van der Waals surface area contributed by atoms with E-state index in [2.05, 4.69) is 60.2 Å². The van der Waals surface area contributed by atoms with Crippen molar-refractivity contribution in [2.24, 2.45) is 17.6 Å². The number of ketones is 1. The average Bonchev–Trinajstić information content (AvgIpc) is 3.27. The molecule has 38 heavy (non-hydrogen) atoms. The monoisotopic (exact) mass is 536 g/mol. The smallest absolute Gasteiger partial charge is 0.134 e. The second-order valence-corrected chi connectivity index (χ2v) is 11.8. The number of ether oxygens (including phenoxy) is 1. The van der Waals surface area contributed by atoms with Crippen molar-refractivity contribution < 1.29 is 9.53 Å². The van der Waals surface area contributed by atoms with Gasteiger partial charge in [0.05, 0.1) is 7.11 Å². The van der Waals surface area contributed by atoms with Crippen molar-refractivity contribution in [3.63, 3.8) is 0 Å². The third-order valence-electron chi connectivity index (χ3n) is 8.93. The Balaban J connectivity index is 0.00000336. The first-order valence-corrected chi connectivity index (χ1v) is 14.5. The highest BCUT2D eigenvalue weighted by Crippen LogP contribution is 2.39. The number of rotatable bonds is 9. The highest BCUT2D eigenvalue weighted by Gasteiger charge is 2.27. The number of benzene rings is 2. The maximum Gasteiger partial charge on any atom is 0.134 e. The lowest BCUT2D eigenvalue weighted by Crippen LogP contribution is -2.27. The van der Waals surface area contributed by atoms with Gasteiger partial charge in [0.2, 0.25) is 0 Å². The molecule has 0 aliphatic heterocycles. The third kappa shape index (κ3) is 6.82. The number of nitrogens with two attached hydrogens (primary N) is 1. The normalized spacial score (nSPS) is 21.1. The van der Waals surface area contributed by atoms with E-state index in [-0.39, 0.29) is 18.3 Å². The Labute approximate surface area is 234 Å². The summed E-state index contributed by atoms with van der Waals surface area (Å²) >= 11 is 0. The Hall–Kier alpha value is -2.30. The summed E-state index contributed by atoms with van der Waals surface area (Å²) in [5.41, 5.74) is 11.0. The van der Waals surface area contributed by atoms with E-state index < -0.39 is 0 Å². The number of methoxy groups -OCH3 is 1. The van der Waals surface area contributed by atoms with Crippen LogP contribution in [0.1, 0.15) is 93.2 Å². The molecule has 3 aromatic rings. The Morgan fingerprint density at radius 3 is 2.47 bits per heavy atom. The van der Waals surface area contributed by atoms with Crippen molar-refractivity contribution in [1.82, 2.24) is 4.57 Å². The predicted octanol–water partition coefficient (Wildman–Crippen LogP) is 7.96. The van der Waals surface area contributed by atoms with Crippen LogP contribution in [0.15, 0.2) is 48.7 Å². The minimum absolute atomic E-state index is 0. The van der Waals surface area contributed by atoms with Gasteiger partial charge < -0.3 is 15.0 Å². The third-order valence-corrected chi connectivity index (χ3v) is 8.93. The van der Waals surface area contributed by atoms with Gasteiger partial charge in [0.1, 0.15) is 11.5 Å². The number of hydrogen-bond acceptors (Lipinski definition) is 3. The number of Topliss-reactive ketones (excluding diaryl/α,β-unsaturated/α-hetero) is 1. The lowest BCUT2D eigenvalue weighted by molar-refractivity contribution is -0.120. The van der Waals surface area contributed by atoms with Gasteiger partial charge in [-0.1, -0.05) is 43.5 Å². The first-order valence-electron chi connectivity index (χ1n) is 14.5. The van der Waals surface area contributed by atoms with Gasteiger partial charge in [-0.3, -0.25) is 4.79 Å². The number of carbonyl (C=O) groups excluding carboxylic acids is 1. The SMILES string of the molecule is COc1cc(C)cc(C(CC(=O)CC2CCC(N)CC2)c2cn(CC3CCCCC3)c3ccccc23)c1.Cl. The van der Waals surface area contributed by atoms with Gasteiger partial charge in [0, 0.05) is 48.4 Å². The molecule has 4 nitrogen and oxygen atoms in total. The first-order chi connectivity index (χ1) is 18.0. The molecule has 1 unspecified atom stereocenters. The molecular weight excluding hydrogens is 492 g/mol. The van der Waals surface area contributed by atoms with Crippen LogP contribution >= 0.6 is 12.4 Å². The summed E-state index contributed by atoms with van der Waals surface area (Å²) in [6.45, 7) is 3.18. The molecule has 2 aliphatic carbocycles. The summed E-state index contributed by atoms with van der Waals surface area (Å²) in [7, 11) is 1.72. The highest BCUT2D eigenvalue weighted by molar-refractivity contribution is 5.87. The minimum Gasteiger partial charge on any atom is -0.497 e. The van der Waals surface area contributed by atoms with Crippen LogP contribution in [0.3, 0.4) is 0 Å². The van der Waals surface area contributed by atoms with Gasteiger partial charge in [-0.15, -0.1) is 12.4 Å². The van der Waals surface area contributed by atoms with E-state index in [1.165, 1.54) is 59.7 Å². The number of nitrogens with zero attached hydrogens (tertiary/aromatic N) is 1. The molecular formula is C33H45ClN2O2. The maximum absolute atomic E-state index is 13.6. The van der Waals surface area contributed by atoms with Crippen molar-refractivity contribution in [3.8, 4) is 5.75 Å². The van der Waals surface area contributed by atoms with E-state index in [0.717, 1.165) is 43.9 Å². The van der Waals surface area contributed by atoms with Crippen molar-refractivity contribution in [2.75, 3.05) is 7.11 Å². The molecule has 2 aliphatic rings. The van der Waals surface area contributed by atoms with Crippen molar-refractivity contribution in [3.05, 3.63) is 65.4 Å². The lowest BCUT2D eigenvalue weighted by atomic mass is 9.80. The van der Waals surface area contributed by atoms with Crippen LogP contribution in [0.4, 0.5) is 0 Å². The van der Waals surface area contributed by atoms with E-state index in [0.29, 0.717) is 30.6 Å². The second kappa shape index (κ2) is 13.2. The van der Waals surface area contributed by atoms with Crippen LogP contribution in [0.2, 0.25) is 0 Å². The van der Waals surface area contributed by atoms with Crippen molar-refractivity contribution in [2.45, 2.75) is 96.1 Å². The van der Waals surface area contributed by atoms with Crippen molar-refractivity contribution >= 4 is 29.1 Å². The van der Waals surface area contributed by atoms with Crippen LogP contribution in [0, 0.1) is 18.8 Å².